The van der Waals surface area contributed by atoms with Crippen molar-refractivity contribution in [2.24, 2.45) is 23.7 Å². The summed E-state index contributed by atoms with van der Waals surface area (Å²) in [6.07, 6.45) is 12.1. The van der Waals surface area contributed by atoms with Crippen LogP contribution in [0.1, 0.15) is 77.0 Å². The van der Waals surface area contributed by atoms with Gasteiger partial charge in [-0.1, -0.05) is 32.1 Å². The Hall–Kier alpha value is -0.140. The molecule has 3 fully saturated rings. The van der Waals surface area contributed by atoms with Crippen LogP contribution in [0.5, 0.6) is 0 Å². The molecule has 3 atom stereocenters. The molecule has 0 aromatic carbocycles. The van der Waals surface area contributed by atoms with Gasteiger partial charge in [0.15, 0.2) is 0 Å². The minimum absolute atomic E-state index is 0.467. The van der Waals surface area contributed by atoms with Gasteiger partial charge in [-0.2, -0.15) is 0 Å². The van der Waals surface area contributed by atoms with Crippen molar-refractivity contribution in [3.63, 3.8) is 0 Å². The fourth-order valence-electron chi connectivity index (χ4n) is 5.23. The van der Waals surface area contributed by atoms with Crippen molar-refractivity contribution in [1.29, 1.82) is 0 Å². The average molecular weight is 284 g/mol. The van der Waals surface area contributed by atoms with E-state index in [0.29, 0.717) is 24.7 Å². The van der Waals surface area contributed by atoms with Crippen LogP contribution in [0, 0.1) is 23.7 Å². The maximum absolute atomic E-state index is 13.6. The Morgan fingerprint density at radius 2 is 0.950 bits per heavy atom. The minimum Gasteiger partial charge on any atom is -0.244 e. The monoisotopic (exact) mass is 284 g/mol. The maximum Gasteiger partial charge on any atom is 0.131 e. The summed E-state index contributed by atoms with van der Waals surface area (Å²) in [5.41, 5.74) is 0. The van der Waals surface area contributed by atoms with Gasteiger partial charge in [0, 0.05) is 0 Å². The van der Waals surface area contributed by atoms with Crippen molar-refractivity contribution in [3.8, 4) is 0 Å². The minimum atomic E-state index is -1.18. The van der Waals surface area contributed by atoms with E-state index in [1.807, 2.05) is 0 Å². The molecule has 0 bridgehead atoms. The number of rotatable bonds is 2. The zero-order valence-electron chi connectivity index (χ0n) is 12.7. The number of hydrogen-bond donors (Lipinski definition) is 0. The molecule has 0 saturated heterocycles. The van der Waals surface area contributed by atoms with Crippen LogP contribution >= 0.6 is 0 Å². The highest BCUT2D eigenvalue weighted by Gasteiger charge is 2.37. The molecule has 20 heavy (non-hydrogen) atoms. The molecule has 3 aliphatic rings. The summed E-state index contributed by atoms with van der Waals surface area (Å²) < 4.78 is 26.8. The molecular weight excluding hydrogens is 254 g/mol. The van der Waals surface area contributed by atoms with Gasteiger partial charge in [0.05, 0.1) is 0 Å². The predicted octanol–water partition coefficient (Wildman–Crippen LogP) is 5.85. The van der Waals surface area contributed by atoms with Crippen molar-refractivity contribution in [2.45, 2.75) is 89.4 Å². The molecule has 0 N–H and O–H groups in total. The molecule has 0 amide bonds. The van der Waals surface area contributed by atoms with Gasteiger partial charge in [-0.3, -0.25) is 0 Å². The lowest BCUT2D eigenvalue weighted by Crippen LogP contribution is -2.33. The molecule has 3 saturated carbocycles. The van der Waals surface area contributed by atoms with E-state index in [4.69, 9.17) is 0 Å². The van der Waals surface area contributed by atoms with Gasteiger partial charge in [0.25, 0.3) is 0 Å². The molecular formula is C18H30F2. The zero-order valence-corrected chi connectivity index (χ0v) is 12.7. The quantitative estimate of drug-likeness (QED) is 0.596. The Balaban J connectivity index is 1.46. The Morgan fingerprint density at radius 3 is 1.55 bits per heavy atom. The highest BCUT2D eigenvalue weighted by atomic mass is 19.2. The van der Waals surface area contributed by atoms with Crippen LogP contribution in [0.3, 0.4) is 0 Å². The molecule has 0 aromatic heterocycles. The molecule has 0 nitrogen and oxygen atoms in total. The molecule has 0 heterocycles. The van der Waals surface area contributed by atoms with E-state index in [9.17, 15) is 8.78 Å². The molecule has 2 heteroatoms. The van der Waals surface area contributed by atoms with E-state index in [1.54, 1.807) is 0 Å². The molecule has 116 valence electrons. The second-order valence-electron chi connectivity index (χ2n) is 7.68. The second-order valence-corrected chi connectivity index (χ2v) is 7.68. The summed E-state index contributed by atoms with van der Waals surface area (Å²) in [7, 11) is 0. The zero-order chi connectivity index (χ0) is 13.9. The fraction of sp³-hybridized carbons (Fsp3) is 1.00. The third-order valence-corrected chi connectivity index (χ3v) is 6.53. The smallest absolute Gasteiger partial charge is 0.131 e. The van der Waals surface area contributed by atoms with Gasteiger partial charge in [-0.25, -0.2) is 8.78 Å². The van der Waals surface area contributed by atoms with Gasteiger partial charge in [-0.15, -0.1) is 0 Å². The summed E-state index contributed by atoms with van der Waals surface area (Å²) >= 11 is 0. The van der Waals surface area contributed by atoms with Crippen molar-refractivity contribution in [3.05, 3.63) is 0 Å². The van der Waals surface area contributed by atoms with Crippen molar-refractivity contribution >= 4 is 0 Å². The summed E-state index contributed by atoms with van der Waals surface area (Å²) in [5, 5.41) is 0. The molecule has 0 aromatic rings. The summed E-state index contributed by atoms with van der Waals surface area (Å²) in [6.45, 7) is 0. The SMILES string of the molecule is FC1CCC(C2CCC(C3CCCCC3)CC2)CC1F. The van der Waals surface area contributed by atoms with Gasteiger partial charge in [0.1, 0.15) is 12.3 Å². The third-order valence-electron chi connectivity index (χ3n) is 6.53. The van der Waals surface area contributed by atoms with Gasteiger partial charge < -0.3 is 0 Å². The van der Waals surface area contributed by atoms with Gasteiger partial charge >= 0.3 is 0 Å². The standard InChI is InChI=1S/C18H30F2/c19-17-11-10-16(12-18(17)20)15-8-6-14(7-9-15)13-4-2-1-3-5-13/h13-18H,1-12H2. The van der Waals surface area contributed by atoms with E-state index in [2.05, 4.69) is 0 Å². The Kier molecular flexibility index (Phi) is 4.99. The van der Waals surface area contributed by atoms with Crippen LogP contribution in [0.15, 0.2) is 0 Å². The summed E-state index contributed by atoms with van der Waals surface area (Å²) in [4.78, 5) is 0. The Labute approximate surface area is 122 Å². The van der Waals surface area contributed by atoms with Crippen LogP contribution in [0.4, 0.5) is 8.78 Å². The highest BCUT2D eigenvalue weighted by molar-refractivity contribution is 4.87. The molecule has 0 radical (unpaired) electrons. The van der Waals surface area contributed by atoms with E-state index in [0.717, 1.165) is 18.3 Å². The highest BCUT2D eigenvalue weighted by Crippen LogP contribution is 2.45. The average Bonchev–Trinajstić information content (AvgIpc) is 2.51. The van der Waals surface area contributed by atoms with Crippen LogP contribution in [-0.2, 0) is 0 Å². The van der Waals surface area contributed by atoms with Crippen molar-refractivity contribution in [2.75, 3.05) is 0 Å². The molecule has 0 spiro atoms. The van der Waals surface area contributed by atoms with E-state index >= 15 is 0 Å². The fourth-order valence-corrected chi connectivity index (χ4v) is 5.23. The van der Waals surface area contributed by atoms with Crippen LogP contribution in [-0.4, -0.2) is 12.3 Å². The van der Waals surface area contributed by atoms with Crippen LogP contribution < -0.4 is 0 Å². The van der Waals surface area contributed by atoms with Gasteiger partial charge in [0.2, 0.25) is 0 Å². The van der Waals surface area contributed by atoms with E-state index in [-0.39, 0.29) is 0 Å². The van der Waals surface area contributed by atoms with Crippen LogP contribution in [0.25, 0.3) is 0 Å². The molecule has 3 unspecified atom stereocenters. The van der Waals surface area contributed by atoms with Gasteiger partial charge in [-0.05, 0) is 68.6 Å². The topological polar surface area (TPSA) is 0 Å². The third kappa shape index (κ3) is 3.36. The van der Waals surface area contributed by atoms with Crippen molar-refractivity contribution < 1.29 is 8.78 Å². The maximum atomic E-state index is 13.6. The summed E-state index contributed by atoms with van der Waals surface area (Å²) in [5.74, 6) is 3.11. The van der Waals surface area contributed by atoms with Crippen LogP contribution in [0.2, 0.25) is 0 Å². The Bertz CT molecular complexity index is 290. The largest absolute Gasteiger partial charge is 0.244 e. The van der Waals surface area contributed by atoms with Crippen molar-refractivity contribution in [1.82, 2.24) is 0 Å². The second kappa shape index (κ2) is 6.75. The number of alkyl halides is 2. The first-order valence-electron chi connectivity index (χ1n) is 9.02. The lowest BCUT2D eigenvalue weighted by Gasteiger charge is -2.40. The predicted molar refractivity (Wildman–Crippen MR) is 79.2 cm³/mol. The number of hydrogen-bond acceptors (Lipinski definition) is 0. The lowest BCUT2D eigenvalue weighted by molar-refractivity contribution is 0.0486. The molecule has 3 aliphatic carbocycles. The Morgan fingerprint density at radius 1 is 0.450 bits per heavy atom. The number of halogens is 2. The first-order valence-corrected chi connectivity index (χ1v) is 9.02. The summed E-state index contributed by atoms with van der Waals surface area (Å²) in [6, 6.07) is 0. The van der Waals surface area contributed by atoms with E-state index in [1.165, 1.54) is 57.8 Å². The first kappa shape index (κ1) is 14.8. The normalized spacial score (nSPS) is 44.4. The van der Waals surface area contributed by atoms with E-state index < -0.39 is 12.3 Å². The molecule has 0 aliphatic heterocycles. The molecule has 3 rings (SSSR count). The first-order chi connectivity index (χ1) is 9.74. The lowest BCUT2D eigenvalue weighted by atomic mass is 9.66.